The minimum atomic E-state index is -0.213. The largest absolute Gasteiger partial charge is 0.234 e. The molecule has 0 spiro atoms. The molecule has 0 aliphatic carbocycles. The van der Waals surface area contributed by atoms with Gasteiger partial charge in [-0.05, 0) is 37.1 Å². The van der Waals surface area contributed by atoms with Gasteiger partial charge in [0.25, 0.3) is 0 Å². The maximum Gasteiger partial charge on any atom is 0.155 e. The van der Waals surface area contributed by atoms with Crippen molar-refractivity contribution in [3.63, 3.8) is 0 Å². The van der Waals surface area contributed by atoms with Gasteiger partial charge >= 0.3 is 0 Å². The molecule has 0 bridgehead atoms. The lowest BCUT2D eigenvalue weighted by Gasteiger charge is -2.11. The average molecular weight is 345 g/mol. The summed E-state index contributed by atoms with van der Waals surface area (Å²) in [6.45, 7) is 6.03. The Hall–Kier alpha value is -3.01. The zero-order chi connectivity index (χ0) is 18.3. The Morgan fingerprint density at radius 2 is 1.73 bits per heavy atom. The summed E-state index contributed by atoms with van der Waals surface area (Å²) in [6, 6.07) is 19.0. The van der Waals surface area contributed by atoms with Crippen LogP contribution in [0.15, 0.2) is 60.7 Å². The second kappa shape index (κ2) is 6.37. The van der Waals surface area contributed by atoms with Crippen LogP contribution in [0.2, 0.25) is 0 Å². The molecule has 4 aromatic rings. The summed E-state index contributed by atoms with van der Waals surface area (Å²) in [7, 11) is 0. The van der Waals surface area contributed by atoms with Crippen molar-refractivity contribution in [2.24, 2.45) is 0 Å². The molecule has 0 fully saturated rings. The zero-order valence-electron chi connectivity index (χ0n) is 15.1. The molecule has 1 atom stereocenters. The van der Waals surface area contributed by atoms with Gasteiger partial charge < -0.3 is 0 Å². The second-order valence-corrected chi connectivity index (χ2v) is 6.71. The number of aromatic nitrogens is 3. The first-order valence-electron chi connectivity index (χ1n) is 8.72. The molecule has 26 heavy (non-hydrogen) atoms. The van der Waals surface area contributed by atoms with E-state index in [-0.39, 0.29) is 11.7 Å². The van der Waals surface area contributed by atoms with Crippen LogP contribution in [0.3, 0.4) is 0 Å². The van der Waals surface area contributed by atoms with Gasteiger partial charge in [0.15, 0.2) is 5.65 Å². The minimum absolute atomic E-state index is 0.0178. The summed E-state index contributed by atoms with van der Waals surface area (Å²) in [6.07, 6.45) is 0. The van der Waals surface area contributed by atoms with Gasteiger partial charge in [-0.15, -0.1) is 0 Å². The highest BCUT2D eigenvalue weighted by Crippen LogP contribution is 2.29. The summed E-state index contributed by atoms with van der Waals surface area (Å²) >= 11 is 0. The van der Waals surface area contributed by atoms with Crippen molar-refractivity contribution < 1.29 is 4.39 Å². The highest BCUT2D eigenvalue weighted by atomic mass is 19.1. The van der Waals surface area contributed by atoms with E-state index in [2.05, 4.69) is 10.1 Å². The topological polar surface area (TPSA) is 30.2 Å². The third-order valence-corrected chi connectivity index (χ3v) is 4.77. The van der Waals surface area contributed by atoms with Gasteiger partial charge in [-0.3, -0.25) is 0 Å². The third-order valence-electron chi connectivity index (χ3n) is 4.77. The number of rotatable bonds is 3. The number of nitrogens with zero attached hydrogens (tertiary/aromatic N) is 3. The Morgan fingerprint density at radius 3 is 2.46 bits per heavy atom. The molecule has 4 heteroatoms. The van der Waals surface area contributed by atoms with Crippen LogP contribution >= 0.6 is 0 Å². The molecule has 1 unspecified atom stereocenters. The van der Waals surface area contributed by atoms with Crippen molar-refractivity contribution in [3.8, 4) is 11.1 Å². The number of fused-ring (bicyclic) bond motifs is 1. The van der Waals surface area contributed by atoms with Gasteiger partial charge in [0, 0.05) is 28.9 Å². The molecular formula is C22H20FN3. The van der Waals surface area contributed by atoms with Crippen LogP contribution in [0, 0.1) is 19.7 Å². The van der Waals surface area contributed by atoms with Crippen LogP contribution < -0.4 is 0 Å². The summed E-state index contributed by atoms with van der Waals surface area (Å²) in [5.41, 5.74) is 6.12. The third kappa shape index (κ3) is 2.88. The molecule has 2 heterocycles. The number of benzene rings is 2. The quantitative estimate of drug-likeness (QED) is 0.504. The smallest absolute Gasteiger partial charge is 0.155 e. The highest BCUT2D eigenvalue weighted by molar-refractivity contribution is 5.64. The van der Waals surface area contributed by atoms with Crippen molar-refractivity contribution in [2.75, 3.05) is 0 Å². The molecule has 3 nitrogen and oxygen atoms in total. The Balaban J connectivity index is 1.71. The minimum Gasteiger partial charge on any atom is -0.234 e. The summed E-state index contributed by atoms with van der Waals surface area (Å²) < 4.78 is 16.5. The lowest BCUT2D eigenvalue weighted by molar-refractivity contribution is 0.627. The van der Waals surface area contributed by atoms with Crippen molar-refractivity contribution in [3.05, 3.63) is 89.1 Å². The Bertz CT molecular complexity index is 1080. The summed E-state index contributed by atoms with van der Waals surface area (Å²) in [5, 5.41) is 4.67. The molecule has 0 saturated heterocycles. The monoisotopic (exact) mass is 345 g/mol. The highest BCUT2D eigenvalue weighted by Gasteiger charge is 2.16. The predicted molar refractivity (Wildman–Crippen MR) is 102 cm³/mol. The molecule has 130 valence electrons. The van der Waals surface area contributed by atoms with E-state index in [4.69, 9.17) is 0 Å². The average Bonchev–Trinajstić information content (AvgIpc) is 3.06. The fourth-order valence-electron chi connectivity index (χ4n) is 3.34. The lowest BCUT2D eigenvalue weighted by atomic mass is 9.95. The Kier molecular flexibility index (Phi) is 4.03. The van der Waals surface area contributed by atoms with Crippen molar-refractivity contribution in [1.29, 1.82) is 0 Å². The molecule has 0 aliphatic heterocycles. The van der Waals surface area contributed by atoms with Crippen molar-refractivity contribution >= 4 is 5.65 Å². The molecule has 0 amide bonds. The maximum atomic E-state index is 14.7. The van der Waals surface area contributed by atoms with Gasteiger partial charge in [0.05, 0.1) is 5.69 Å². The molecule has 2 aromatic carbocycles. The SMILES string of the molecule is Cc1cc(C)n2nc(C(C)c3ccc(-c4ccccc4)c(F)c3)cc2n1. The van der Waals surface area contributed by atoms with E-state index in [1.807, 2.05) is 79.9 Å². The number of hydrogen-bond donors (Lipinski definition) is 0. The Morgan fingerprint density at radius 1 is 0.962 bits per heavy atom. The van der Waals surface area contributed by atoms with E-state index in [0.29, 0.717) is 5.56 Å². The van der Waals surface area contributed by atoms with E-state index in [1.165, 1.54) is 0 Å². The molecular weight excluding hydrogens is 325 g/mol. The molecule has 4 rings (SSSR count). The van der Waals surface area contributed by atoms with E-state index in [9.17, 15) is 4.39 Å². The first-order chi connectivity index (χ1) is 12.5. The van der Waals surface area contributed by atoms with Crippen LogP contribution in [-0.4, -0.2) is 14.6 Å². The van der Waals surface area contributed by atoms with E-state index >= 15 is 0 Å². The molecule has 0 aliphatic rings. The normalized spacial score (nSPS) is 12.5. The van der Waals surface area contributed by atoms with Gasteiger partial charge in [0.1, 0.15) is 5.82 Å². The fraction of sp³-hybridized carbons (Fsp3) is 0.182. The number of hydrogen-bond acceptors (Lipinski definition) is 2. The number of halogens is 1. The summed E-state index contributed by atoms with van der Waals surface area (Å²) in [5.74, 6) is -0.231. The second-order valence-electron chi connectivity index (χ2n) is 6.71. The first-order valence-corrected chi connectivity index (χ1v) is 8.72. The molecule has 2 aromatic heterocycles. The Labute approximate surface area is 152 Å². The number of aryl methyl sites for hydroxylation is 2. The van der Waals surface area contributed by atoms with E-state index in [1.54, 1.807) is 6.07 Å². The summed E-state index contributed by atoms with van der Waals surface area (Å²) in [4.78, 5) is 4.53. The van der Waals surface area contributed by atoms with Gasteiger partial charge in [-0.25, -0.2) is 13.9 Å². The standard InChI is InChI=1S/C22H20FN3/c1-14-11-15(2)26-22(24-14)13-21(25-26)16(3)18-9-10-19(20(23)12-18)17-7-5-4-6-8-17/h4-13,16H,1-3H3. The van der Waals surface area contributed by atoms with Crippen LogP contribution in [0.25, 0.3) is 16.8 Å². The molecule has 0 saturated carbocycles. The first kappa shape index (κ1) is 16.5. The molecule has 0 N–H and O–H groups in total. The van der Waals surface area contributed by atoms with Crippen LogP contribution in [0.4, 0.5) is 4.39 Å². The predicted octanol–water partition coefficient (Wildman–Crippen LogP) is 5.30. The van der Waals surface area contributed by atoms with Crippen molar-refractivity contribution in [2.45, 2.75) is 26.7 Å². The van der Waals surface area contributed by atoms with Gasteiger partial charge in [-0.2, -0.15) is 5.10 Å². The molecule has 0 radical (unpaired) electrons. The zero-order valence-corrected chi connectivity index (χ0v) is 15.1. The van der Waals surface area contributed by atoms with Crippen LogP contribution in [-0.2, 0) is 0 Å². The van der Waals surface area contributed by atoms with Gasteiger partial charge in [-0.1, -0.05) is 49.4 Å². The van der Waals surface area contributed by atoms with Crippen LogP contribution in [0.1, 0.15) is 35.5 Å². The maximum absolute atomic E-state index is 14.7. The van der Waals surface area contributed by atoms with Crippen LogP contribution in [0.5, 0.6) is 0 Å². The lowest BCUT2D eigenvalue weighted by Crippen LogP contribution is -2.01. The van der Waals surface area contributed by atoms with E-state index in [0.717, 1.165) is 33.9 Å². The van der Waals surface area contributed by atoms with E-state index < -0.39 is 0 Å². The van der Waals surface area contributed by atoms with Gasteiger partial charge in [0.2, 0.25) is 0 Å². The van der Waals surface area contributed by atoms with Crippen molar-refractivity contribution in [1.82, 2.24) is 14.6 Å². The fourth-order valence-corrected chi connectivity index (χ4v) is 3.34.